The first-order chi connectivity index (χ1) is 9.11. The predicted octanol–water partition coefficient (Wildman–Crippen LogP) is 2.05. The van der Waals surface area contributed by atoms with Crippen molar-refractivity contribution in [1.82, 2.24) is 5.32 Å². The molecule has 1 unspecified atom stereocenters. The highest BCUT2D eigenvalue weighted by molar-refractivity contribution is 5.32. The van der Waals surface area contributed by atoms with E-state index >= 15 is 0 Å². The van der Waals surface area contributed by atoms with Gasteiger partial charge in [0, 0.05) is 19.5 Å². The van der Waals surface area contributed by atoms with E-state index in [0.29, 0.717) is 13.2 Å². The summed E-state index contributed by atoms with van der Waals surface area (Å²) < 4.78 is 5.59. The third-order valence-electron chi connectivity index (χ3n) is 2.62. The number of benzene rings is 1. The van der Waals surface area contributed by atoms with Gasteiger partial charge in [0.05, 0.1) is 0 Å². The highest BCUT2D eigenvalue weighted by Crippen LogP contribution is 2.16. The molecule has 1 rings (SSSR count). The van der Waals surface area contributed by atoms with Gasteiger partial charge < -0.3 is 15.2 Å². The van der Waals surface area contributed by atoms with Gasteiger partial charge in [0.1, 0.15) is 18.5 Å². The molecule has 0 aliphatic carbocycles. The number of hydrogen-bond acceptors (Lipinski definition) is 3. The molecule has 0 amide bonds. The summed E-state index contributed by atoms with van der Waals surface area (Å²) in [7, 11) is 0. The van der Waals surface area contributed by atoms with Gasteiger partial charge in [0.15, 0.2) is 0 Å². The molecule has 0 fully saturated rings. The molecule has 0 aliphatic heterocycles. The molecule has 1 aromatic rings. The first kappa shape index (κ1) is 15.6. The Hall–Kier alpha value is -1.50. The lowest BCUT2D eigenvalue weighted by atomic mass is 10.1. The first-order valence-electron chi connectivity index (χ1n) is 6.61. The number of aryl methyl sites for hydroxylation is 2. The standard InChI is InChI=1S/C16H23NO2/c1-4-5-6-7-17-11-15(18)12-19-16-9-13(2)8-14(3)10-16/h8-10,15,17-18H,6-7,11-12H2,1-3H3. The summed E-state index contributed by atoms with van der Waals surface area (Å²) in [5, 5.41) is 12.9. The van der Waals surface area contributed by atoms with Crippen molar-refractivity contribution in [2.75, 3.05) is 19.7 Å². The summed E-state index contributed by atoms with van der Waals surface area (Å²) in [5.41, 5.74) is 2.33. The number of rotatable bonds is 7. The van der Waals surface area contributed by atoms with Crippen molar-refractivity contribution in [2.45, 2.75) is 33.3 Å². The van der Waals surface area contributed by atoms with Crippen molar-refractivity contribution >= 4 is 0 Å². The van der Waals surface area contributed by atoms with Gasteiger partial charge in [0.2, 0.25) is 0 Å². The maximum atomic E-state index is 9.78. The van der Waals surface area contributed by atoms with E-state index in [4.69, 9.17) is 4.74 Å². The molecule has 19 heavy (non-hydrogen) atoms. The van der Waals surface area contributed by atoms with Crippen LogP contribution in [0.4, 0.5) is 0 Å². The van der Waals surface area contributed by atoms with E-state index in [1.807, 2.05) is 32.9 Å². The molecule has 0 spiro atoms. The number of hydrogen-bond donors (Lipinski definition) is 2. The molecule has 0 saturated heterocycles. The van der Waals surface area contributed by atoms with E-state index in [-0.39, 0.29) is 0 Å². The van der Waals surface area contributed by atoms with Crippen LogP contribution >= 0.6 is 0 Å². The van der Waals surface area contributed by atoms with E-state index in [2.05, 4.69) is 23.2 Å². The lowest BCUT2D eigenvalue weighted by Gasteiger charge is -2.13. The minimum Gasteiger partial charge on any atom is -0.491 e. The van der Waals surface area contributed by atoms with Gasteiger partial charge in [-0.25, -0.2) is 0 Å². The minimum absolute atomic E-state index is 0.301. The lowest BCUT2D eigenvalue weighted by molar-refractivity contribution is 0.106. The summed E-state index contributed by atoms with van der Waals surface area (Å²) in [4.78, 5) is 0. The van der Waals surface area contributed by atoms with E-state index in [0.717, 1.165) is 18.7 Å². The zero-order valence-electron chi connectivity index (χ0n) is 12.0. The molecule has 0 aliphatic rings. The molecule has 0 heterocycles. The Kier molecular flexibility index (Phi) is 7.02. The Morgan fingerprint density at radius 3 is 2.58 bits per heavy atom. The topological polar surface area (TPSA) is 41.5 Å². The Morgan fingerprint density at radius 2 is 1.95 bits per heavy atom. The molecule has 0 saturated carbocycles. The maximum absolute atomic E-state index is 9.78. The van der Waals surface area contributed by atoms with Crippen LogP contribution in [0.2, 0.25) is 0 Å². The van der Waals surface area contributed by atoms with Crippen molar-refractivity contribution in [1.29, 1.82) is 0 Å². The highest BCUT2D eigenvalue weighted by Gasteiger charge is 2.05. The molecule has 2 N–H and O–H groups in total. The van der Waals surface area contributed by atoms with Crippen LogP contribution in [0.25, 0.3) is 0 Å². The molecule has 0 radical (unpaired) electrons. The van der Waals surface area contributed by atoms with Crippen LogP contribution < -0.4 is 10.1 Å². The highest BCUT2D eigenvalue weighted by atomic mass is 16.5. The summed E-state index contributed by atoms with van der Waals surface area (Å²) in [5.74, 6) is 6.62. The van der Waals surface area contributed by atoms with Gasteiger partial charge in [-0.05, 0) is 44.0 Å². The minimum atomic E-state index is -0.504. The first-order valence-corrected chi connectivity index (χ1v) is 6.61. The molecular formula is C16H23NO2. The van der Waals surface area contributed by atoms with Crippen LogP contribution in [-0.4, -0.2) is 30.9 Å². The monoisotopic (exact) mass is 261 g/mol. The second-order valence-corrected chi connectivity index (χ2v) is 4.67. The third-order valence-corrected chi connectivity index (χ3v) is 2.62. The Bertz CT molecular complexity index is 426. The third kappa shape index (κ3) is 6.85. The van der Waals surface area contributed by atoms with Gasteiger partial charge in [-0.1, -0.05) is 6.07 Å². The molecule has 104 valence electrons. The zero-order chi connectivity index (χ0) is 14.1. The Labute approximate surface area is 116 Å². The predicted molar refractivity (Wildman–Crippen MR) is 78.4 cm³/mol. The Morgan fingerprint density at radius 1 is 1.26 bits per heavy atom. The molecule has 1 atom stereocenters. The largest absolute Gasteiger partial charge is 0.491 e. The average Bonchev–Trinajstić information content (AvgIpc) is 2.35. The van der Waals surface area contributed by atoms with E-state index < -0.39 is 6.10 Å². The molecular weight excluding hydrogens is 238 g/mol. The zero-order valence-corrected chi connectivity index (χ0v) is 12.0. The fourth-order valence-electron chi connectivity index (χ4n) is 1.81. The van der Waals surface area contributed by atoms with Crippen LogP contribution in [0.5, 0.6) is 5.75 Å². The smallest absolute Gasteiger partial charge is 0.119 e. The average molecular weight is 261 g/mol. The number of nitrogens with one attached hydrogen (secondary N) is 1. The number of ether oxygens (including phenoxy) is 1. The van der Waals surface area contributed by atoms with Gasteiger partial charge in [-0.2, -0.15) is 0 Å². The molecule has 3 heteroatoms. The van der Waals surface area contributed by atoms with E-state index in [1.165, 1.54) is 11.1 Å². The fraction of sp³-hybridized carbons (Fsp3) is 0.500. The van der Waals surface area contributed by atoms with Gasteiger partial charge in [0.25, 0.3) is 0 Å². The number of aliphatic hydroxyl groups excluding tert-OH is 1. The summed E-state index contributed by atoms with van der Waals surface area (Å²) in [6.45, 7) is 7.51. The number of aliphatic hydroxyl groups is 1. The van der Waals surface area contributed by atoms with Gasteiger partial charge >= 0.3 is 0 Å². The second kappa shape index (κ2) is 8.58. The molecule has 0 aromatic heterocycles. The van der Waals surface area contributed by atoms with Crippen LogP contribution in [-0.2, 0) is 0 Å². The Balaban J connectivity index is 2.25. The summed E-state index contributed by atoms with van der Waals surface area (Å²) in [6, 6.07) is 6.05. The van der Waals surface area contributed by atoms with Crippen molar-refractivity contribution in [3.63, 3.8) is 0 Å². The maximum Gasteiger partial charge on any atom is 0.119 e. The lowest BCUT2D eigenvalue weighted by Crippen LogP contribution is -2.31. The van der Waals surface area contributed by atoms with Crippen molar-refractivity contribution < 1.29 is 9.84 Å². The second-order valence-electron chi connectivity index (χ2n) is 4.67. The fourth-order valence-corrected chi connectivity index (χ4v) is 1.81. The normalized spacial score (nSPS) is 11.6. The van der Waals surface area contributed by atoms with E-state index in [9.17, 15) is 5.11 Å². The van der Waals surface area contributed by atoms with Crippen LogP contribution in [0.3, 0.4) is 0 Å². The van der Waals surface area contributed by atoms with Crippen LogP contribution in [0.1, 0.15) is 24.5 Å². The van der Waals surface area contributed by atoms with E-state index in [1.54, 1.807) is 0 Å². The molecule has 1 aromatic carbocycles. The quantitative estimate of drug-likeness (QED) is 0.583. The van der Waals surface area contributed by atoms with Crippen LogP contribution in [0, 0.1) is 25.7 Å². The van der Waals surface area contributed by atoms with Gasteiger partial charge in [-0.15, -0.1) is 11.8 Å². The van der Waals surface area contributed by atoms with Crippen LogP contribution in [0.15, 0.2) is 18.2 Å². The molecule has 3 nitrogen and oxygen atoms in total. The summed E-state index contributed by atoms with van der Waals surface area (Å²) >= 11 is 0. The van der Waals surface area contributed by atoms with Crippen molar-refractivity contribution in [2.24, 2.45) is 0 Å². The molecule has 0 bridgehead atoms. The summed E-state index contributed by atoms with van der Waals surface area (Å²) in [6.07, 6.45) is 0.302. The van der Waals surface area contributed by atoms with Gasteiger partial charge in [-0.3, -0.25) is 0 Å². The SMILES string of the molecule is CC#CCCNCC(O)COc1cc(C)cc(C)c1. The van der Waals surface area contributed by atoms with Crippen molar-refractivity contribution in [3.05, 3.63) is 29.3 Å². The van der Waals surface area contributed by atoms with Crippen molar-refractivity contribution in [3.8, 4) is 17.6 Å².